The molecule has 14 aromatic rings. The monoisotopic (exact) mass is 1150 g/mol. The maximum atomic E-state index is 8.24. The van der Waals surface area contributed by atoms with E-state index in [0.717, 1.165) is 82.3 Å². The van der Waals surface area contributed by atoms with Gasteiger partial charge in [0.05, 0.1) is 35.2 Å². The maximum Gasteiger partial charge on any atom is 0.244 e. The minimum atomic E-state index is -0.0619. The van der Waals surface area contributed by atoms with Crippen LogP contribution in [0, 0.1) is 19.8 Å². The quantitative estimate of drug-likeness (QED) is 0.0550. The van der Waals surface area contributed by atoms with Crippen LogP contribution in [0.4, 0.5) is 5.69 Å². The third-order valence-corrected chi connectivity index (χ3v) is 17.1. The highest BCUT2D eigenvalue weighted by Crippen LogP contribution is 2.42. The van der Waals surface area contributed by atoms with Gasteiger partial charge in [-0.15, -0.1) is 0 Å². The molecule has 0 saturated carbocycles. The Morgan fingerprint density at radius 3 is 1.63 bits per heavy atom. The van der Waals surface area contributed by atoms with Crippen molar-refractivity contribution in [2.24, 2.45) is 0 Å². The number of ether oxygens (including phenoxy) is 1. The Balaban J connectivity index is 0.784. The van der Waals surface area contributed by atoms with Gasteiger partial charge in [-0.2, -0.15) is 0 Å². The zero-order valence-corrected chi connectivity index (χ0v) is 50.5. The van der Waals surface area contributed by atoms with Crippen molar-refractivity contribution in [3.05, 3.63) is 302 Å². The molecule has 0 spiro atoms. The van der Waals surface area contributed by atoms with Gasteiger partial charge in [-0.1, -0.05) is 191 Å². The van der Waals surface area contributed by atoms with Crippen molar-refractivity contribution >= 4 is 38.5 Å². The maximum absolute atomic E-state index is 8.24. The van der Waals surface area contributed by atoms with E-state index in [0.29, 0.717) is 17.2 Å². The first kappa shape index (κ1) is 55.9. The van der Waals surface area contributed by atoms with Crippen LogP contribution in [-0.2, 0) is 18.4 Å². The summed E-state index contributed by atoms with van der Waals surface area (Å²) < 4.78 is 13.3. The molecule has 0 amide bonds. The first-order valence-corrected chi connectivity index (χ1v) is 30.7. The molecule has 14 rings (SSSR count). The Bertz CT molecular complexity index is 4690. The number of rotatable bonds is 16. The number of unbranched alkanes of at least 4 members (excludes halogenated alkanes) is 2. The minimum absolute atomic E-state index is 0.0619. The van der Waals surface area contributed by atoms with Gasteiger partial charge in [0.2, 0.25) is 6.33 Å². The highest BCUT2D eigenvalue weighted by Gasteiger charge is 2.21. The van der Waals surface area contributed by atoms with Crippen LogP contribution < -0.4 is 9.30 Å². The van der Waals surface area contributed by atoms with Gasteiger partial charge in [0.15, 0.2) is 5.69 Å². The summed E-state index contributed by atoms with van der Waals surface area (Å²) in [5, 5.41) is 2.09. The van der Waals surface area contributed by atoms with Crippen LogP contribution in [0.15, 0.2) is 267 Å². The van der Waals surface area contributed by atoms with Gasteiger partial charge in [-0.05, 0) is 195 Å². The number of imidazole rings is 1. The average molecular weight is 1150 g/mol. The number of benzene rings is 10. The highest BCUT2D eigenvalue weighted by molar-refractivity contribution is 6.09. The highest BCUT2D eigenvalue weighted by atomic mass is 16.5. The van der Waals surface area contributed by atoms with Gasteiger partial charge < -0.3 is 13.9 Å². The Kier molecular flexibility index (Phi) is 15.1. The molecule has 10 aromatic carbocycles. The third-order valence-electron chi connectivity index (χ3n) is 17.1. The summed E-state index contributed by atoms with van der Waals surface area (Å²) in [5.41, 5.74) is 23.1. The van der Waals surface area contributed by atoms with E-state index in [1.807, 2.05) is 43.6 Å². The normalized spacial score (nSPS) is 11.6. The van der Waals surface area contributed by atoms with Crippen LogP contribution in [0.5, 0.6) is 11.5 Å². The van der Waals surface area contributed by atoms with E-state index in [9.17, 15) is 0 Å². The van der Waals surface area contributed by atoms with Crippen molar-refractivity contribution in [3.63, 3.8) is 0 Å². The Labute approximate surface area is 520 Å². The molecule has 4 heterocycles. The predicted molar refractivity (Wildman–Crippen MR) is 365 cm³/mol. The lowest BCUT2D eigenvalue weighted by atomic mass is 9.85. The molecule has 7 nitrogen and oxygen atoms in total. The van der Waals surface area contributed by atoms with Crippen molar-refractivity contribution in [2.75, 3.05) is 0 Å². The average Bonchev–Trinajstić information content (AvgIpc) is 2.14. The molecule has 4 aromatic heterocycles. The van der Waals surface area contributed by atoms with Crippen LogP contribution in [-0.4, -0.2) is 19.1 Å². The summed E-state index contributed by atoms with van der Waals surface area (Å²) >= 11 is 0. The Hall–Kier alpha value is -10.9. The summed E-state index contributed by atoms with van der Waals surface area (Å²) in [4.78, 5) is 13.5. The zero-order valence-electron chi connectivity index (χ0n) is 50.5. The van der Waals surface area contributed by atoms with E-state index >= 15 is 0 Å². The second kappa shape index (κ2) is 24.1. The zero-order chi connectivity index (χ0) is 60.4. The summed E-state index contributed by atoms with van der Waals surface area (Å²) in [5.74, 6) is 2.04. The minimum Gasteiger partial charge on any atom is -0.459 e. The van der Waals surface area contributed by atoms with Crippen LogP contribution in [0.25, 0.3) is 116 Å². The van der Waals surface area contributed by atoms with Crippen molar-refractivity contribution in [1.82, 2.24) is 19.1 Å². The molecule has 0 aliphatic heterocycles. The lowest BCUT2D eigenvalue weighted by Gasteiger charge is -2.20. The molecule has 7 heteroatoms. The Morgan fingerprint density at radius 1 is 0.483 bits per heavy atom. The summed E-state index contributed by atoms with van der Waals surface area (Å²) in [6, 6.07) is 90.9. The van der Waals surface area contributed by atoms with E-state index < -0.39 is 0 Å². The molecule has 0 fully saturated rings. The number of aromatic nitrogens is 5. The van der Waals surface area contributed by atoms with Gasteiger partial charge in [-0.25, -0.2) is 9.83 Å². The summed E-state index contributed by atoms with van der Waals surface area (Å²) in [7, 11) is 0. The molecule has 89 heavy (non-hydrogen) atoms. The molecular weight excluding hydrogens is 1080 g/mol. The summed E-state index contributed by atoms with van der Waals surface area (Å²) in [6.07, 6.45) is 11.4. The van der Waals surface area contributed by atoms with Gasteiger partial charge >= 0.3 is 0 Å². The summed E-state index contributed by atoms with van der Waals surface area (Å²) in [6.45, 7) is 17.7. The number of nitrogens with zero attached hydrogens (tertiary/aromatic N) is 6. The molecule has 0 radical (unpaired) electrons. The molecule has 0 saturated heterocycles. The SMILES string of the molecule is [C-]#[N+]c1cc(Oc2ccc3c4cnc(C)cc4n(-c4cc(C(C)(C)C)ccn4)c3c2)cc(-n2[c-][n+](CCCCCc3c(-c4cc(-c5ccccc5)cc(-c5ccccc5)c4)cccc3-c3cc(-c4ccccc4)cc(-c4ccccc4)c3)c3ccccc32)c1. The Morgan fingerprint density at radius 2 is 1.04 bits per heavy atom. The van der Waals surface area contributed by atoms with Crippen molar-refractivity contribution in [2.45, 2.75) is 65.3 Å². The first-order chi connectivity index (χ1) is 43.6. The van der Waals surface area contributed by atoms with Crippen LogP contribution >= 0.6 is 0 Å². The fraction of sp³-hybridized carbons (Fsp3) is 0.122. The van der Waals surface area contributed by atoms with Gasteiger partial charge in [-0.3, -0.25) is 9.55 Å². The fourth-order valence-corrected chi connectivity index (χ4v) is 12.6. The fourth-order valence-electron chi connectivity index (χ4n) is 12.6. The van der Waals surface area contributed by atoms with Gasteiger partial charge in [0.1, 0.15) is 17.3 Å². The lowest BCUT2D eigenvalue weighted by Crippen LogP contribution is -2.32. The number of para-hydroxylation sites is 2. The molecule has 0 aliphatic rings. The number of hydrogen-bond donors (Lipinski definition) is 0. The van der Waals surface area contributed by atoms with Crippen LogP contribution in [0.2, 0.25) is 0 Å². The van der Waals surface area contributed by atoms with Crippen molar-refractivity contribution < 1.29 is 9.30 Å². The van der Waals surface area contributed by atoms with Crippen LogP contribution in [0.1, 0.15) is 56.9 Å². The van der Waals surface area contributed by atoms with Crippen molar-refractivity contribution in [1.29, 1.82) is 0 Å². The molecular formula is C82H66N6O. The number of aryl methyl sites for hydroxylation is 2. The number of hydrogen-bond acceptors (Lipinski definition) is 3. The number of pyridine rings is 2. The second-order valence-electron chi connectivity index (χ2n) is 24.2. The standard InChI is InChI=1S/C82H66N6O/c1-56-42-79-76(54-85-56)75-38-37-70(53-80(75)88(79)81-49-67(39-40-84-81)82(2,3)4)89-71-51-68(83-5)50-69(52-71)87-55-86(77-35-20-21-36-78(77)87)41-22-10-19-32-74-72(65-45-61(57-24-11-6-12-25-57)43-62(46-65)58-26-13-7-14-27-58)33-23-34-73(74)66-47-63(59-28-15-8-16-29-59)44-64(48-66)60-30-17-9-18-31-60/h6-9,11-18,20-21,23-31,33-40,42-54H,10,19,22,32,41H2,1-4H3. The van der Waals surface area contributed by atoms with E-state index in [4.69, 9.17) is 21.3 Å². The molecule has 0 bridgehead atoms. The first-order valence-electron chi connectivity index (χ1n) is 30.7. The second-order valence-corrected chi connectivity index (χ2v) is 24.2. The van der Waals surface area contributed by atoms with E-state index in [1.54, 1.807) is 0 Å². The smallest absolute Gasteiger partial charge is 0.244 e. The topological polar surface area (TPSA) is 53.1 Å². The van der Waals surface area contributed by atoms with E-state index in [2.05, 4.69) is 276 Å². The largest absolute Gasteiger partial charge is 0.459 e. The predicted octanol–water partition coefficient (Wildman–Crippen LogP) is 21.0. The van der Waals surface area contributed by atoms with E-state index in [1.165, 1.54) is 77.9 Å². The van der Waals surface area contributed by atoms with Crippen molar-refractivity contribution in [3.8, 4) is 89.8 Å². The molecule has 0 aliphatic carbocycles. The van der Waals surface area contributed by atoms with E-state index in [-0.39, 0.29) is 5.41 Å². The third kappa shape index (κ3) is 11.5. The van der Waals surface area contributed by atoms with Gasteiger partial charge in [0.25, 0.3) is 0 Å². The number of fused-ring (bicyclic) bond motifs is 4. The molecule has 0 unspecified atom stereocenters. The molecule has 0 atom stereocenters. The molecule has 0 N–H and O–H groups in total. The lowest BCUT2D eigenvalue weighted by molar-refractivity contribution is -0.676. The van der Waals surface area contributed by atoms with Gasteiger partial charge in [0, 0.05) is 40.6 Å². The van der Waals surface area contributed by atoms with Crippen LogP contribution in [0.3, 0.4) is 0 Å². The molecule has 430 valence electrons.